The number of methoxy groups -OCH3 is 2. The van der Waals surface area contributed by atoms with E-state index in [0.29, 0.717) is 5.02 Å². The zero-order chi connectivity index (χ0) is 17.0. The van der Waals surface area contributed by atoms with Crippen molar-refractivity contribution in [2.45, 2.75) is 0 Å². The quantitative estimate of drug-likeness (QED) is 0.855. The molecule has 6 nitrogen and oxygen atoms in total. The third-order valence-electron chi connectivity index (χ3n) is 3.09. The van der Waals surface area contributed by atoms with Gasteiger partial charge in [-0.05, 0) is 24.3 Å². The summed E-state index contributed by atoms with van der Waals surface area (Å²) in [4.78, 5) is 25.5. The van der Waals surface area contributed by atoms with Crippen molar-refractivity contribution in [3.63, 3.8) is 0 Å². The van der Waals surface area contributed by atoms with E-state index >= 15 is 0 Å². The Bertz CT molecular complexity index is 736. The van der Waals surface area contributed by atoms with Crippen LogP contribution in [0.4, 0.5) is 5.69 Å². The van der Waals surface area contributed by atoms with Crippen LogP contribution in [0.15, 0.2) is 53.9 Å². The van der Waals surface area contributed by atoms with Crippen molar-refractivity contribution in [2.75, 3.05) is 19.1 Å². The van der Waals surface area contributed by atoms with E-state index in [4.69, 9.17) is 21.1 Å². The van der Waals surface area contributed by atoms with Crippen molar-refractivity contribution < 1.29 is 24.2 Å². The number of carbonyl (C=O) groups is 2. The number of allylic oxidation sites excluding steroid dienone is 2. The van der Waals surface area contributed by atoms with Crippen molar-refractivity contribution in [3.05, 3.63) is 58.9 Å². The Kier molecular flexibility index (Phi) is 5.08. The molecule has 0 fully saturated rings. The Balaban J connectivity index is 2.68. The molecule has 0 amide bonds. The second-order valence-electron chi connectivity index (χ2n) is 4.45. The normalized spacial score (nSPS) is 13.8. The van der Waals surface area contributed by atoms with Gasteiger partial charge in [-0.15, -0.1) is 0 Å². The third-order valence-corrected chi connectivity index (χ3v) is 3.32. The van der Waals surface area contributed by atoms with E-state index in [-0.39, 0.29) is 22.7 Å². The second-order valence-corrected chi connectivity index (χ2v) is 4.89. The third kappa shape index (κ3) is 3.37. The van der Waals surface area contributed by atoms with E-state index in [1.165, 1.54) is 43.5 Å². The van der Waals surface area contributed by atoms with E-state index in [1.807, 2.05) is 0 Å². The molecule has 0 radical (unpaired) electrons. The molecule has 0 unspecified atom stereocenters. The number of halogens is 1. The first kappa shape index (κ1) is 16.6. The number of ether oxygens (including phenoxy) is 2. The van der Waals surface area contributed by atoms with Gasteiger partial charge >= 0.3 is 11.9 Å². The fourth-order valence-electron chi connectivity index (χ4n) is 2.05. The highest BCUT2D eigenvalue weighted by Crippen LogP contribution is 2.34. The lowest BCUT2D eigenvalue weighted by atomic mass is 10.1. The summed E-state index contributed by atoms with van der Waals surface area (Å²) in [5, 5.41) is 10.5. The molecule has 1 N–H and O–H groups in total. The Morgan fingerprint density at radius 3 is 2.43 bits per heavy atom. The number of nitrogens with zero attached hydrogens (tertiary/aromatic N) is 1. The van der Waals surface area contributed by atoms with E-state index in [2.05, 4.69) is 0 Å². The first-order valence-corrected chi connectivity index (χ1v) is 6.91. The first-order chi connectivity index (χ1) is 11.0. The lowest BCUT2D eigenvalue weighted by Gasteiger charge is -2.23. The SMILES string of the molecule is COC(=O)C1=C(C(=O)OC)N(c2ccc(Cl)cc2O)C=CC=C1. The van der Waals surface area contributed by atoms with Crippen LogP contribution in [0.3, 0.4) is 0 Å². The maximum Gasteiger partial charge on any atom is 0.355 e. The molecule has 23 heavy (non-hydrogen) atoms. The fraction of sp³-hybridized carbons (Fsp3) is 0.125. The van der Waals surface area contributed by atoms with Crippen molar-refractivity contribution in [1.29, 1.82) is 0 Å². The molecule has 0 aliphatic carbocycles. The van der Waals surface area contributed by atoms with Gasteiger partial charge in [0.05, 0.1) is 25.5 Å². The van der Waals surface area contributed by atoms with Gasteiger partial charge in [-0.2, -0.15) is 0 Å². The largest absolute Gasteiger partial charge is 0.506 e. The number of anilines is 1. The highest BCUT2D eigenvalue weighted by molar-refractivity contribution is 6.30. The zero-order valence-electron chi connectivity index (χ0n) is 12.4. The summed E-state index contributed by atoms with van der Waals surface area (Å²) in [5.41, 5.74) is 0.178. The monoisotopic (exact) mass is 335 g/mol. The fourth-order valence-corrected chi connectivity index (χ4v) is 2.22. The van der Waals surface area contributed by atoms with Gasteiger partial charge in [0.1, 0.15) is 11.4 Å². The minimum atomic E-state index is -0.754. The Morgan fingerprint density at radius 2 is 1.83 bits per heavy atom. The van der Waals surface area contributed by atoms with Crippen molar-refractivity contribution in [3.8, 4) is 5.75 Å². The van der Waals surface area contributed by atoms with Gasteiger partial charge in [-0.25, -0.2) is 9.59 Å². The van der Waals surface area contributed by atoms with Gasteiger partial charge in [-0.3, -0.25) is 0 Å². The number of esters is 2. The van der Waals surface area contributed by atoms with Crippen LogP contribution in [-0.4, -0.2) is 31.3 Å². The van der Waals surface area contributed by atoms with Gasteiger partial charge in [0.15, 0.2) is 0 Å². The van der Waals surface area contributed by atoms with E-state index in [1.54, 1.807) is 18.2 Å². The smallest absolute Gasteiger partial charge is 0.355 e. The Hall–Kier alpha value is -2.73. The van der Waals surface area contributed by atoms with Crippen LogP contribution < -0.4 is 4.90 Å². The summed E-state index contributed by atoms with van der Waals surface area (Å²) in [6, 6.07) is 4.40. The molecule has 1 aliphatic rings. The standard InChI is InChI=1S/C16H14ClNO5/c1-22-15(20)11-5-3-4-8-18(14(11)16(21)23-2)12-7-6-10(17)9-13(12)19/h3-9,19H,1-2H3. The van der Waals surface area contributed by atoms with E-state index in [9.17, 15) is 14.7 Å². The lowest BCUT2D eigenvalue weighted by molar-refractivity contribution is -0.139. The van der Waals surface area contributed by atoms with Crippen LogP contribution in [-0.2, 0) is 19.1 Å². The van der Waals surface area contributed by atoms with Crippen molar-refractivity contribution in [2.24, 2.45) is 0 Å². The summed E-state index contributed by atoms with van der Waals surface area (Å²) in [5.74, 6) is -1.62. The van der Waals surface area contributed by atoms with Crippen LogP contribution in [0.1, 0.15) is 0 Å². The highest BCUT2D eigenvalue weighted by Gasteiger charge is 2.28. The highest BCUT2D eigenvalue weighted by atomic mass is 35.5. The van der Waals surface area contributed by atoms with Gasteiger partial charge in [-0.1, -0.05) is 17.7 Å². The lowest BCUT2D eigenvalue weighted by Crippen LogP contribution is -2.27. The van der Waals surface area contributed by atoms with E-state index < -0.39 is 11.9 Å². The number of hydrogen-bond acceptors (Lipinski definition) is 6. The van der Waals surface area contributed by atoms with Gasteiger partial charge in [0, 0.05) is 17.3 Å². The topological polar surface area (TPSA) is 76.1 Å². The zero-order valence-corrected chi connectivity index (χ0v) is 13.2. The van der Waals surface area contributed by atoms with Crippen LogP contribution in [0.5, 0.6) is 5.75 Å². The summed E-state index contributed by atoms with van der Waals surface area (Å²) in [7, 11) is 2.41. The summed E-state index contributed by atoms with van der Waals surface area (Å²) in [6.07, 6.45) is 6.12. The molecule has 1 aliphatic heterocycles. The molecular weight excluding hydrogens is 322 g/mol. The maximum atomic E-state index is 12.2. The number of carbonyl (C=O) groups excluding carboxylic acids is 2. The van der Waals surface area contributed by atoms with E-state index in [0.717, 1.165) is 0 Å². The second kappa shape index (κ2) is 7.02. The molecule has 1 aromatic carbocycles. The molecule has 2 rings (SSSR count). The number of phenolic OH excluding ortho intramolecular Hbond substituents is 1. The maximum absolute atomic E-state index is 12.2. The number of aromatic hydroxyl groups is 1. The average Bonchev–Trinajstić information content (AvgIpc) is 2.76. The van der Waals surface area contributed by atoms with Crippen LogP contribution in [0.2, 0.25) is 5.02 Å². The first-order valence-electron chi connectivity index (χ1n) is 6.53. The van der Waals surface area contributed by atoms with Crippen LogP contribution in [0.25, 0.3) is 0 Å². The summed E-state index contributed by atoms with van der Waals surface area (Å²) < 4.78 is 9.47. The predicted octanol–water partition coefficient (Wildman–Crippen LogP) is 2.54. The molecule has 7 heteroatoms. The van der Waals surface area contributed by atoms with Crippen molar-refractivity contribution in [1.82, 2.24) is 0 Å². The number of rotatable bonds is 3. The Morgan fingerprint density at radius 1 is 1.13 bits per heavy atom. The molecule has 0 aromatic heterocycles. The van der Waals surface area contributed by atoms with Gasteiger partial charge in [0.25, 0.3) is 0 Å². The molecule has 0 saturated heterocycles. The molecule has 1 heterocycles. The molecule has 0 atom stereocenters. The van der Waals surface area contributed by atoms with Crippen LogP contribution in [0, 0.1) is 0 Å². The minimum absolute atomic E-state index is 0.00120. The minimum Gasteiger partial charge on any atom is -0.506 e. The number of phenols is 1. The van der Waals surface area contributed by atoms with Gasteiger partial charge < -0.3 is 19.5 Å². The Labute approximate surface area is 137 Å². The molecule has 0 spiro atoms. The van der Waals surface area contributed by atoms with Crippen LogP contribution >= 0.6 is 11.6 Å². The molecule has 0 saturated carbocycles. The molecular formula is C16H14ClNO5. The summed E-state index contributed by atoms with van der Waals surface area (Å²) in [6.45, 7) is 0. The summed E-state index contributed by atoms with van der Waals surface area (Å²) >= 11 is 5.83. The molecule has 0 bridgehead atoms. The average molecular weight is 336 g/mol. The molecule has 1 aromatic rings. The molecule has 120 valence electrons. The number of hydrogen-bond donors (Lipinski definition) is 1. The van der Waals surface area contributed by atoms with Crippen molar-refractivity contribution >= 4 is 29.2 Å². The van der Waals surface area contributed by atoms with Gasteiger partial charge in [0.2, 0.25) is 0 Å². The number of benzene rings is 1. The predicted molar refractivity (Wildman–Crippen MR) is 84.9 cm³/mol.